The molecule has 3 rings (SSSR count). The number of aryl methyl sites for hydroxylation is 2. The molecule has 0 bridgehead atoms. The second-order valence-electron chi connectivity index (χ2n) is 4.60. The van der Waals surface area contributed by atoms with Crippen LogP contribution in [0.1, 0.15) is 21.4 Å². The Kier molecular flexibility index (Phi) is 3.47. The lowest BCUT2D eigenvalue weighted by atomic mass is 10.4. The average molecular weight is 328 g/mol. The maximum Gasteiger partial charge on any atom is 0.453 e. The minimum Gasteiger partial charge on any atom is -0.363 e. The Hall–Kier alpha value is -2.23. The van der Waals surface area contributed by atoms with E-state index in [0.717, 1.165) is 15.6 Å². The largest absolute Gasteiger partial charge is 0.453 e. The topological polar surface area (TPSA) is 68.0 Å². The van der Waals surface area contributed by atoms with Crippen LogP contribution >= 0.6 is 11.3 Å². The van der Waals surface area contributed by atoms with Crippen molar-refractivity contribution in [2.45, 2.75) is 26.6 Å². The van der Waals surface area contributed by atoms with Gasteiger partial charge in [0.15, 0.2) is 5.65 Å². The molecule has 0 aliphatic carbocycles. The molecule has 6 nitrogen and oxygen atoms in total. The Bertz CT molecular complexity index is 822. The molecular formula is C12H11F3N6S. The number of rotatable bonds is 3. The molecule has 0 saturated carbocycles. The van der Waals surface area contributed by atoms with Crippen LogP contribution in [0.4, 0.5) is 19.0 Å². The molecule has 0 unspecified atom stereocenters. The number of hydrogen-bond acceptors (Lipinski definition) is 6. The van der Waals surface area contributed by atoms with E-state index in [9.17, 15) is 13.2 Å². The maximum atomic E-state index is 12.8. The molecule has 1 N–H and O–H groups in total. The minimum atomic E-state index is -4.60. The van der Waals surface area contributed by atoms with Gasteiger partial charge < -0.3 is 5.32 Å². The van der Waals surface area contributed by atoms with Crippen LogP contribution in [-0.2, 0) is 12.7 Å². The zero-order chi connectivity index (χ0) is 15.9. The van der Waals surface area contributed by atoms with Crippen LogP contribution in [0, 0.1) is 13.8 Å². The molecule has 0 aliphatic rings. The van der Waals surface area contributed by atoms with Crippen LogP contribution in [0.5, 0.6) is 0 Å². The van der Waals surface area contributed by atoms with Gasteiger partial charge in [-0.2, -0.15) is 17.7 Å². The van der Waals surface area contributed by atoms with Gasteiger partial charge in [0.2, 0.25) is 0 Å². The molecule has 10 heteroatoms. The molecule has 0 atom stereocenters. The summed E-state index contributed by atoms with van der Waals surface area (Å²) in [6.07, 6.45) is -4.60. The van der Waals surface area contributed by atoms with Gasteiger partial charge in [-0.15, -0.1) is 26.6 Å². The summed E-state index contributed by atoms with van der Waals surface area (Å²) in [4.78, 5) is 5.41. The van der Waals surface area contributed by atoms with E-state index >= 15 is 0 Å². The molecule has 0 amide bonds. The Morgan fingerprint density at radius 3 is 2.64 bits per heavy atom. The van der Waals surface area contributed by atoms with Crippen molar-refractivity contribution in [2.24, 2.45) is 0 Å². The van der Waals surface area contributed by atoms with Crippen LogP contribution in [0.2, 0.25) is 0 Å². The maximum absolute atomic E-state index is 12.8. The number of anilines is 1. The molecule has 3 heterocycles. The fraction of sp³-hybridized carbons (Fsp3) is 0.333. The van der Waals surface area contributed by atoms with Gasteiger partial charge in [0.05, 0.1) is 17.2 Å². The predicted molar refractivity (Wildman–Crippen MR) is 74.7 cm³/mol. The molecule has 116 valence electrons. The fourth-order valence-electron chi connectivity index (χ4n) is 1.97. The van der Waals surface area contributed by atoms with E-state index in [1.165, 1.54) is 6.07 Å². The summed E-state index contributed by atoms with van der Waals surface area (Å²) in [7, 11) is 0. The first-order valence-electron chi connectivity index (χ1n) is 6.31. The quantitative estimate of drug-likeness (QED) is 0.801. The van der Waals surface area contributed by atoms with Crippen LogP contribution < -0.4 is 5.32 Å². The van der Waals surface area contributed by atoms with Crippen molar-refractivity contribution in [1.29, 1.82) is 0 Å². The highest BCUT2D eigenvalue weighted by molar-refractivity contribution is 7.11. The van der Waals surface area contributed by atoms with Crippen molar-refractivity contribution in [3.63, 3.8) is 0 Å². The van der Waals surface area contributed by atoms with Gasteiger partial charge >= 0.3 is 6.18 Å². The molecule has 3 aromatic heterocycles. The molecule has 0 fully saturated rings. The Balaban J connectivity index is 1.87. The number of fused-ring (bicyclic) bond motifs is 1. The highest BCUT2D eigenvalue weighted by Gasteiger charge is 2.37. The second-order valence-corrected chi connectivity index (χ2v) is 6.01. The third-order valence-corrected chi connectivity index (χ3v) is 3.88. The molecule has 0 saturated heterocycles. The van der Waals surface area contributed by atoms with Gasteiger partial charge in [-0.1, -0.05) is 0 Å². The highest BCUT2D eigenvalue weighted by atomic mass is 32.1. The van der Waals surface area contributed by atoms with Crippen molar-refractivity contribution >= 4 is 22.8 Å². The number of aromatic nitrogens is 5. The smallest absolute Gasteiger partial charge is 0.363 e. The number of alkyl halides is 3. The molecular weight excluding hydrogens is 317 g/mol. The first-order valence-corrected chi connectivity index (χ1v) is 7.12. The van der Waals surface area contributed by atoms with E-state index < -0.39 is 12.0 Å². The molecule has 0 aromatic carbocycles. The molecule has 0 radical (unpaired) electrons. The number of hydrogen-bond donors (Lipinski definition) is 1. The normalized spacial score (nSPS) is 12.0. The monoisotopic (exact) mass is 328 g/mol. The van der Waals surface area contributed by atoms with Crippen LogP contribution in [0.3, 0.4) is 0 Å². The van der Waals surface area contributed by atoms with Crippen molar-refractivity contribution in [2.75, 3.05) is 5.32 Å². The van der Waals surface area contributed by atoms with Crippen molar-refractivity contribution in [3.8, 4) is 0 Å². The summed E-state index contributed by atoms with van der Waals surface area (Å²) >= 11 is 1.57. The molecule has 0 spiro atoms. The zero-order valence-electron chi connectivity index (χ0n) is 11.6. The van der Waals surface area contributed by atoms with Crippen molar-refractivity contribution in [3.05, 3.63) is 33.5 Å². The van der Waals surface area contributed by atoms with Gasteiger partial charge in [0.25, 0.3) is 5.82 Å². The minimum absolute atomic E-state index is 0.0403. The SMILES string of the molecule is Cc1nc(CNc2ccc3nnc(C(F)(F)F)n3n2)c(C)s1. The van der Waals surface area contributed by atoms with Crippen molar-refractivity contribution in [1.82, 2.24) is 24.8 Å². The van der Waals surface area contributed by atoms with Gasteiger partial charge in [-0.3, -0.25) is 0 Å². The first-order chi connectivity index (χ1) is 10.3. The highest BCUT2D eigenvalue weighted by Crippen LogP contribution is 2.27. The Morgan fingerprint density at radius 2 is 2.00 bits per heavy atom. The van der Waals surface area contributed by atoms with Gasteiger partial charge in [0.1, 0.15) is 5.82 Å². The third kappa shape index (κ3) is 2.73. The molecule has 22 heavy (non-hydrogen) atoms. The summed E-state index contributed by atoms with van der Waals surface area (Å²) in [6.45, 7) is 4.23. The standard InChI is InChI=1S/C12H11F3N6S/c1-6-8(17-7(2)22-6)5-16-9-3-4-10-18-19-11(12(13,14)15)21(10)20-9/h3-4H,5H2,1-2H3,(H,16,20). The zero-order valence-corrected chi connectivity index (χ0v) is 12.5. The molecule has 0 aliphatic heterocycles. The number of nitrogens with zero attached hydrogens (tertiary/aromatic N) is 5. The Morgan fingerprint density at radius 1 is 1.23 bits per heavy atom. The third-order valence-electron chi connectivity index (χ3n) is 2.95. The summed E-state index contributed by atoms with van der Waals surface area (Å²) in [6, 6.07) is 2.98. The predicted octanol–water partition coefficient (Wildman–Crippen LogP) is 2.83. The van der Waals surface area contributed by atoms with Gasteiger partial charge in [0, 0.05) is 4.88 Å². The second kappa shape index (κ2) is 5.20. The van der Waals surface area contributed by atoms with E-state index in [4.69, 9.17) is 0 Å². The van der Waals surface area contributed by atoms with E-state index in [-0.39, 0.29) is 5.65 Å². The summed E-state index contributed by atoms with van der Waals surface area (Å²) < 4.78 is 39.1. The van der Waals surface area contributed by atoms with Gasteiger partial charge in [-0.25, -0.2) is 4.98 Å². The average Bonchev–Trinajstić information content (AvgIpc) is 2.98. The summed E-state index contributed by atoms with van der Waals surface area (Å²) in [5, 5.41) is 14.4. The Labute approximate surface area is 127 Å². The lowest BCUT2D eigenvalue weighted by Gasteiger charge is -2.06. The van der Waals surface area contributed by atoms with Crippen LogP contribution in [0.25, 0.3) is 5.65 Å². The number of thiazole rings is 1. The van der Waals surface area contributed by atoms with E-state index in [1.54, 1.807) is 17.4 Å². The van der Waals surface area contributed by atoms with Crippen LogP contribution in [-0.4, -0.2) is 24.8 Å². The number of halogens is 3. The van der Waals surface area contributed by atoms with Gasteiger partial charge in [-0.05, 0) is 26.0 Å². The van der Waals surface area contributed by atoms with E-state index in [2.05, 4.69) is 25.6 Å². The first kappa shape index (κ1) is 14.7. The lowest BCUT2D eigenvalue weighted by molar-refractivity contribution is -0.146. The summed E-state index contributed by atoms with van der Waals surface area (Å²) in [5.74, 6) is -0.852. The fourth-order valence-corrected chi connectivity index (χ4v) is 2.80. The summed E-state index contributed by atoms with van der Waals surface area (Å²) in [5.41, 5.74) is 0.891. The lowest BCUT2D eigenvalue weighted by Crippen LogP contribution is -2.13. The van der Waals surface area contributed by atoms with Crippen LogP contribution in [0.15, 0.2) is 12.1 Å². The van der Waals surface area contributed by atoms with Crippen molar-refractivity contribution < 1.29 is 13.2 Å². The van der Waals surface area contributed by atoms with E-state index in [0.29, 0.717) is 16.9 Å². The molecule has 3 aromatic rings. The number of nitrogens with one attached hydrogen (secondary N) is 1. The van der Waals surface area contributed by atoms with E-state index in [1.807, 2.05) is 13.8 Å².